The number of halogens is 2. The van der Waals surface area contributed by atoms with E-state index >= 15 is 0 Å². The Balaban J connectivity index is 1.25. The van der Waals surface area contributed by atoms with E-state index in [4.69, 9.17) is 38.1 Å². The van der Waals surface area contributed by atoms with Gasteiger partial charge in [0.05, 0.1) is 17.6 Å². The van der Waals surface area contributed by atoms with Gasteiger partial charge in [-0.1, -0.05) is 23.2 Å². The van der Waals surface area contributed by atoms with Gasteiger partial charge in [0.25, 0.3) is 0 Å². The maximum absolute atomic E-state index is 11.2. The summed E-state index contributed by atoms with van der Waals surface area (Å²) in [6.45, 7) is 7.28. The van der Waals surface area contributed by atoms with Crippen LogP contribution in [-0.4, -0.2) is 92.7 Å². The van der Waals surface area contributed by atoms with Gasteiger partial charge < -0.3 is 15.0 Å². The van der Waals surface area contributed by atoms with Crippen molar-refractivity contribution in [3.63, 3.8) is 0 Å². The lowest BCUT2D eigenvalue weighted by Crippen LogP contribution is -2.47. The van der Waals surface area contributed by atoms with Crippen molar-refractivity contribution >= 4 is 45.5 Å². The lowest BCUT2D eigenvalue weighted by atomic mass is 9.96. The van der Waals surface area contributed by atoms with Crippen LogP contribution in [0.15, 0.2) is 48.7 Å². The minimum Gasteiger partial charge on any atom is -0.437 e. The zero-order valence-electron chi connectivity index (χ0n) is 25.1. The molecule has 3 aromatic rings. The molecule has 2 aromatic heterocycles. The molecule has 0 saturated carbocycles. The fourth-order valence-corrected chi connectivity index (χ4v) is 6.86. The van der Waals surface area contributed by atoms with Gasteiger partial charge in [-0.05, 0) is 86.8 Å². The molecule has 14 heteroatoms. The number of nitrogens with two attached hydrogens (primary N) is 1. The topological polar surface area (TPSA) is 134 Å². The van der Waals surface area contributed by atoms with E-state index in [0.717, 1.165) is 88.6 Å². The van der Waals surface area contributed by atoms with Crippen molar-refractivity contribution in [2.24, 2.45) is 11.1 Å². The van der Waals surface area contributed by atoms with Gasteiger partial charge in [0, 0.05) is 60.9 Å². The average molecular weight is 677 g/mol. The Kier molecular flexibility index (Phi) is 11.5. The van der Waals surface area contributed by atoms with Crippen LogP contribution in [-0.2, 0) is 21.4 Å². The van der Waals surface area contributed by atoms with E-state index in [1.54, 1.807) is 12.3 Å². The number of piperidine rings is 1. The molecule has 3 N–H and O–H groups in total. The highest BCUT2D eigenvalue weighted by Gasteiger charge is 2.21. The van der Waals surface area contributed by atoms with Gasteiger partial charge in [0.15, 0.2) is 0 Å². The SMILES string of the molecule is NS(=O)(=O)CCCN1CCN(c2ccc(Oc3cc(CN4CCC(CNC=O)CC4)cc(-c4cc(Cl)cc(Cl)c4)n3)cn2)CC1. The highest BCUT2D eigenvalue weighted by molar-refractivity contribution is 7.89. The predicted octanol–water partition coefficient (Wildman–Crippen LogP) is 4.00. The second-order valence-corrected chi connectivity index (χ2v) is 14.2. The van der Waals surface area contributed by atoms with Gasteiger partial charge in [-0.3, -0.25) is 14.6 Å². The zero-order chi connectivity index (χ0) is 31.8. The molecule has 0 unspecified atom stereocenters. The number of carbonyl (C=O) groups is 1. The number of nitrogens with zero attached hydrogens (tertiary/aromatic N) is 5. The van der Waals surface area contributed by atoms with Crippen LogP contribution < -0.4 is 20.1 Å². The average Bonchev–Trinajstić information content (AvgIpc) is 3.00. The summed E-state index contributed by atoms with van der Waals surface area (Å²) in [5.74, 6) is 2.38. The maximum atomic E-state index is 11.2. The van der Waals surface area contributed by atoms with E-state index in [-0.39, 0.29) is 5.75 Å². The zero-order valence-corrected chi connectivity index (χ0v) is 27.4. The third kappa shape index (κ3) is 10.2. The Morgan fingerprint density at radius 2 is 1.71 bits per heavy atom. The predicted molar refractivity (Wildman–Crippen MR) is 177 cm³/mol. The van der Waals surface area contributed by atoms with E-state index in [9.17, 15) is 13.2 Å². The van der Waals surface area contributed by atoms with Crippen molar-refractivity contribution in [1.29, 1.82) is 0 Å². The number of ether oxygens (including phenoxy) is 1. The number of carbonyl (C=O) groups excluding carboxylic acids is 1. The van der Waals surface area contributed by atoms with E-state index in [2.05, 4.69) is 25.0 Å². The molecule has 45 heavy (non-hydrogen) atoms. The molecule has 242 valence electrons. The number of amides is 1. The molecule has 2 saturated heterocycles. The quantitative estimate of drug-likeness (QED) is 0.258. The number of hydrogen-bond acceptors (Lipinski definition) is 9. The Morgan fingerprint density at radius 1 is 0.978 bits per heavy atom. The van der Waals surface area contributed by atoms with Crippen LogP contribution in [0.4, 0.5) is 5.82 Å². The Morgan fingerprint density at radius 3 is 2.36 bits per heavy atom. The van der Waals surface area contributed by atoms with Crippen LogP contribution in [0, 0.1) is 5.92 Å². The van der Waals surface area contributed by atoms with Gasteiger partial charge in [-0.15, -0.1) is 0 Å². The van der Waals surface area contributed by atoms with Crippen molar-refractivity contribution in [3.8, 4) is 22.9 Å². The first kappa shape index (κ1) is 33.4. The number of benzene rings is 1. The maximum Gasteiger partial charge on any atom is 0.220 e. The summed E-state index contributed by atoms with van der Waals surface area (Å²) in [5.41, 5.74) is 2.57. The fraction of sp³-hybridized carbons (Fsp3) is 0.452. The molecular formula is C31H39Cl2N7O4S. The highest BCUT2D eigenvalue weighted by Crippen LogP contribution is 2.31. The number of sulfonamides is 1. The fourth-order valence-electron chi connectivity index (χ4n) is 5.80. The number of likely N-dealkylation sites (tertiary alicyclic amines) is 1. The van der Waals surface area contributed by atoms with Crippen molar-refractivity contribution in [1.82, 2.24) is 25.1 Å². The van der Waals surface area contributed by atoms with Gasteiger partial charge in [0.1, 0.15) is 11.6 Å². The summed E-state index contributed by atoms with van der Waals surface area (Å²) >= 11 is 12.6. The molecule has 4 heterocycles. The summed E-state index contributed by atoms with van der Waals surface area (Å²) in [6.07, 6.45) is 5.05. The molecule has 2 aliphatic heterocycles. The van der Waals surface area contributed by atoms with Gasteiger partial charge in [0.2, 0.25) is 22.3 Å². The number of hydrogen-bond donors (Lipinski definition) is 2. The number of anilines is 1. The second kappa shape index (κ2) is 15.5. The third-order valence-electron chi connectivity index (χ3n) is 8.17. The lowest BCUT2D eigenvalue weighted by molar-refractivity contribution is -0.109. The summed E-state index contributed by atoms with van der Waals surface area (Å²) in [7, 11) is -3.43. The van der Waals surface area contributed by atoms with Gasteiger partial charge >= 0.3 is 0 Å². The van der Waals surface area contributed by atoms with E-state index in [1.807, 2.05) is 36.4 Å². The van der Waals surface area contributed by atoms with Crippen LogP contribution in [0.5, 0.6) is 11.6 Å². The number of aromatic nitrogens is 2. The molecule has 2 aliphatic rings. The number of rotatable bonds is 13. The molecule has 0 spiro atoms. The third-order valence-corrected chi connectivity index (χ3v) is 9.46. The van der Waals surface area contributed by atoms with Crippen LogP contribution in [0.3, 0.4) is 0 Å². The number of pyridine rings is 2. The smallest absolute Gasteiger partial charge is 0.220 e. The number of primary sulfonamides is 1. The molecule has 0 atom stereocenters. The normalized spacial score (nSPS) is 16.9. The van der Waals surface area contributed by atoms with Crippen LogP contribution in [0.2, 0.25) is 10.0 Å². The lowest BCUT2D eigenvalue weighted by Gasteiger charge is -2.35. The van der Waals surface area contributed by atoms with E-state index in [0.29, 0.717) is 46.3 Å². The Bertz CT molecular complexity index is 1530. The van der Waals surface area contributed by atoms with Crippen LogP contribution in [0.25, 0.3) is 11.3 Å². The molecule has 1 aromatic carbocycles. The largest absolute Gasteiger partial charge is 0.437 e. The molecule has 0 aliphatic carbocycles. The number of piperazine rings is 1. The van der Waals surface area contributed by atoms with Crippen molar-refractivity contribution in [2.45, 2.75) is 25.8 Å². The molecular weight excluding hydrogens is 637 g/mol. The van der Waals surface area contributed by atoms with Gasteiger partial charge in [-0.25, -0.2) is 23.5 Å². The summed E-state index contributed by atoms with van der Waals surface area (Å²) < 4.78 is 28.6. The molecule has 5 rings (SSSR count). The summed E-state index contributed by atoms with van der Waals surface area (Å²) in [5, 5.41) is 8.98. The molecule has 2 fully saturated rings. The minimum atomic E-state index is -3.43. The first-order chi connectivity index (χ1) is 21.6. The van der Waals surface area contributed by atoms with Gasteiger partial charge in [-0.2, -0.15) is 0 Å². The monoisotopic (exact) mass is 675 g/mol. The van der Waals surface area contributed by atoms with E-state index < -0.39 is 10.0 Å². The first-order valence-electron chi connectivity index (χ1n) is 15.1. The van der Waals surface area contributed by atoms with Crippen molar-refractivity contribution < 1.29 is 17.9 Å². The number of nitrogens with one attached hydrogen (secondary N) is 1. The standard InChI is InChI=1S/C31H39Cl2N7O4S/c32-26-16-25(17-27(33)18-26)29-14-24(21-39-7-4-23(5-8-39)19-35-22-41)15-31(37-29)44-28-2-3-30(36-20-28)40-11-9-38(10-12-40)6-1-13-45(34,42)43/h2-3,14-18,20,22-23H,1,4-13,19,21H2,(H,35,41)(H2,34,42,43). The molecule has 0 bridgehead atoms. The minimum absolute atomic E-state index is 0.00233. The van der Waals surface area contributed by atoms with Crippen LogP contribution in [0.1, 0.15) is 24.8 Å². The molecule has 0 radical (unpaired) electrons. The van der Waals surface area contributed by atoms with Crippen molar-refractivity contribution in [2.75, 3.05) is 63.0 Å². The summed E-state index contributed by atoms with van der Waals surface area (Å²) in [6, 6.07) is 13.2. The Labute approximate surface area is 274 Å². The first-order valence-corrected chi connectivity index (χ1v) is 17.6. The Hall–Kier alpha value is -3.00. The van der Waals surface area contributed by atoms with Crippen LogP contribution >= 0.6 is 23.2 Å². The van der Waals surface area contributed by atoms with Crippen molar-refractivity contribution in [3.05, 3.63) is 64.3 Å². The molecule has 1 amide bonds. The second-order valence-electron chi connectivity index (χ2n) is 11.6. The molecule has 11 nitrogen and oxygen atoms in total. The summed E-state index contributed by atoms with van der Waals surface area (Å²) in [4.78, 5) is 27.0. The van der Waals surface area contributed by atoms with E-state index in [1.165, 1.54) is 0 Å². The highest BCUT2D eigenvalue weighted by atomic mass is 35.5.